The van der Waals surface area contributed by atoms with E-state index >= 15 is 0 Å². The molecular weight excluding hydrogens is 468 g/mol. The van der Waals surface area contributed by atoms with Crippen molar-refractivity contribution in [2.24, 2.45) is 0 Å². The topological polar surface area (TPSA) is 93.2 Å². The van der Waals surface area contributed by atoms with Gasteiger partial charge in [0.15, 0.2) is 0 Å². The smallest absolute Gasteiger partial charge is 0.305 e. The molecule has 1 aromatic carbocycles. The predicted molar refractivity (Wildman–Crippen MR) is 144 cm³/mol. The van der Waals surface area contributed by atoms with E-state index in [2.05, 4.69) is 43.5 Å². The summed E-state index contributed by atoms with van der Waals surface area (Å²) < 4.78 is 0. The predicted octanol–water partition coefficient (Wildman–Crippen LogP) is 4.41. The number of carbonyl (C=O) groups excluding carboxylic acids is 2. The minimum atomic E-state index is -0.889. The molecule has 2 amide bonds. The van der Waals surface area contributed by atoms with E-state index in [4.69, 9.17) is 0 Å². The highest BCUT2D eigenvalue weighted by Crippen LogP contribution is 2.32. The first-order valence-electron chi connectivity index (χ1n) is 14.0. The lowest BCUT2D eigenvalue weighted by Crippen LogP contribution is -2.59. The van der Waals surface area contributed by atoms with Crippen LogP contribution in [-0.2, 0) is 14.4 Å². The molecular formula is C29H44N4O4. The lowest BCUT2D eigenvalue weighted by atomic mass is 9.99. The first kappa shape index (κ1) is 28.7. The Bertz CT molecular complexity index is 961. The molecule has 3 aliphatic rings. The second-order valence-corrected chi connectivity index (χ2v) is 10.1. The van der Waals surface area contributed by atoms with Gasteiger partial charge in [0, 0.05) is 19.1 Å². The van der Waals surface area contributed by atoms with Gasteiger partial charge in [-0.05, 0) is 44.2 Å². The van der Waals surface area contributed by atoms with Gasteiger partial charge in [0.05, 0.1) is 18.5 Å². The summed E-state index contributed by atoms with van der Waals surface area (Å²) in [4.78, 5) is 41.5. The second-order valence-electron chi connectivity index (χ2n) is 10.1. The first-order valence-corrected chi connectivity index (χ1v) is 14.0. The minimum Gasteiger partial charge on any atom is -0.481 e. The summed E-state index contributed by atoms with van der Waals surface area (Å²) in [6.45, 7) is 9.27. The molecule has 2 saturated heterocycles. The second kappa shape index (κ2) is 13.6. The molecule has 2 fully saturated rings. The molecule has 0 aliphatic carbocycles. The van der Waals surface area contributed by atoms with Gasteiger partial charge in [-0.25, -0.2) is 5.43 Å². The molecule has 8 heteroatoms. The van der Waals surface area contributed by atoms with Crippen molar-refractivity contribution in [2.45, 2.75) is 97.2 Å². The van der Waals surface area contributed by atoms with Gasteiger partial charge in [0.1, 0.15) is 12.2 Å². The molecule has 0 bridgehead atoms. The molecule has 0 radical (unpaired) electrons. The van der Waals surface area contributed by atoms with Crippen LogP contribution in [0.2, 0.25) is 0 Å². The standard InChI is InChI=1S/C27H38N4O4.C2H6/c1-3-4-5-9-22-17-29(18-25(32)30-14-7-6-8-21(30)15-26(33)34)27(35)24-16-23(28-31(22)24)20-12-10-19(2)11-13-20;1-2/h10-13,16,21-23,28H,3-9,14-15,17-18H2,1-2H3,(H,33,34);1-2H3. The molecule has 0 saturated carbocycles. The van der Waals surface area contributed by atoms with E-state index < -0.39 is 5.97 Å². The number of unbranched alkanes of at least 4 members (excludes halogenated alkanes) is 2. The monoisotopic (exact) mass is 512 g/mol. The van der Waals surface area contributed by atoms with Crippen molar-refractivity contribution < 1.29 is 19.5 Å². The molecule has 0 spiro atoms. The van der Waals surface area contributed by atoms with Crippen LogP contribution >= 0.6 is 0 Å². The average molecular weight is 513 g/mol. The van der Waals surface area contributed by atoms with Crippen molar-refractivity contribution in [3.05, 3.63) is 47.2 Å². The van der Waals surface area contributed by atoms with Crippen LogP contribution in [0.25, 0.3) is 0 Å². The minimum absolute atomic E-state index is 0.000388. The van der Waals surface area contributed by atoms with E-state index in [1.807, 2.05) is 24.9 Å². The van der Waals surface area contributed by atoms with Crippen molar-refractivity contribution in [3.63, 3.8) is 0 Å². The molecule has 3 aliphatic heterocycles. The lowest BCUT2D eigenvalue weighted by molar-refractivity contribution is -0.147. The number of nitrogens with one attached hydrogen (secondary N) is 1. The summed E-state index contributed by atoms with van der Waals surface area (Å²) in [5.41, 5.74) is 6.43. The molecule has 3 unspecified atom stereocenters. The van der Waals surface area contributed by atoms with E-state index in [0.717, 1.165) is 44.1 Å². The molecule has 3 heterocycles. The number of hydrazine groups is 1. The van der Waals surface area contributed by atoms with E-state index in [1.54, 1.807) is 9.80 Å². The molecule has 3 atom stereocenters. The van der Waals surface area contributed by atoms with Crippen LogP contribution in [0.15, 0.2) is 36.0 Å². The Labute approximate surface area is 221 Å². The largest absolute Gasteiger partial charge is 0.481 e. The molecule has 37 heavy (non-hydrogen) atoms. The Morgan fingerprint density at radius 1 is 1.08 bits per heavy atom. The highest BCUT2D eigenvalue weighted by Gasteiger charge is 2.42. The third-order valence-corrected chi connectivity index (χ3v) is 7.43. The number of carboxylic acids is 1. The van der Waals surface area contributed by atoms with Crippen molar-refractivity contribution in [3.8, 4) is 0 Å². The SMILES string of the molecule is CC.CCCCCC1CN(CC(=O)N2CCCCC2CC(=O)O)C(=O)C2=CC(c3ccc(C)cc3)NN21. The van der Waals surface area contributed by atoms with E-state index in [-0.39, 0.29) is 42.9 Å². The van der Waals surface area contributed by atoms with E-state index in [1.165, 1.54) is 5.56 Å². The Morgan fingerprint density at radius 3 is 2.49 bits per heavy atom. The van der Waals surface area contributed by atoms with Crippen LogP contribution in [-0.4, -0.2) is 69.4 Å². The zero-order chi connectivity index (χ0) is 26.9. The van der Waals surface area contributed by atoms with Gasteiger partial charge in [-0.15, -0.1) is 0 Å². The Morgan fingerprint density at radius 2 is 1.81 bits per heavy atom. The zero-order valence-electron chi connectivity index (χ0n) is 22.9. The van der Waals surface area contributed by atoms with Crippen molar-refractivity contribution >= 4 is 17.8 Å². The molecule has 204 valence electrons. The number of piperazine rings is 1. The number of hydrogen-bond acceptors (Lipinski definition) is 5. The highest BCUT2D eigenvalue weighted by atomic mass is 16.4. The third kappa shape index (κ3) is 7.12. The number of nitrogens with zero attached hydrogens (tertiary/aromatic N) is 3. The molecule has 2 N–H and O–H groups in total. The van der Waals surface area contributed by atoms with E-state index in [9.17, 15) is 19.5 Å². The van der Waals surface area contributed by atoms with Crippen molar-refractivity contribution in [1.82, 2.24) is 20.2 Å². The number of likely N-dealkylation sites (tertiary alicyclic amines) is 1. The third-order valence-electron chi connectivity index (χ3n) is 7.43. The summed E-state index contributed by atoms with van der Waals surface area (Å²) >= 11 is 0. The number of aliphatic carboxylic acids is 1. The van der Waals surface area contributed by atoms with Gasteiger partial charge in [-0.1, -0.05) is 69.9 Å². The van der Waals surface area contributed by atoms with Crippen LogP contribution in [0.3, 0.4) is 0 Å². The fourth-order valence-corrected chi connectivity index (χ4v) is 5.48. The summed E-state index contributed by atoms with van der Waals surface area (Å²) in [6.07, 6.45) is 8.68. The quantitative estimate of drug-likeness (QED) is 0.476. The summed E-state index contributed by atoms with van der Waals surface area (Å²) in [5, 5.41) is 11.3. The van der Waals surface area contributed by atoms with Gasteiger partial charge in [-0.2, -0.15) is 0 Å². The Hall–Kier alpha value is -2.87. The van der Waals surface area contributed by atoms with E-state index in [0.29, 0.717) is 25.2 Å². The number of rotatable bonds is 9. The summed E-state index contributed by atoms with van der Waals surface area (Å²) in [7, 11) is 0. The number of piperidine rings is 1. The molecule has 1 aromatic rings. The number of benzene rings is 1. The highest BCUT2D eigenvalue weighted by molar-refractivity contribution is 5.96. The van der Waals surface area contributed by atoms with Crippen LogP contribution in [0.4, 0.5) is 0 Å². The van der Waals surface area contributed by atoms with Gasteiger partial charge < -0.3 is 14.9 Å². The zero-order valence-corrected chi connectivity index (χ0v) is 22.9. The number of carboxylic acid groups (broad SMARTS) is 1. The van der Waals surface area contributed by atoms with Crippen LogP contribution in [0.5, 0.6) is 0 Å². The Balaban J connectivity index is 0.00000186. The van der Waals surface area contributed by atoms with Gasteiger partial charge >= 0.3 is 5.97 Å². The van der Waals surface area contributed by atoms with Gasteiger partial charge in [0.2, 0.25) is 5.91 Å². The fraction of sp³-hybridized carbons (Fsp3) is 0.621. The normalized spacial score (nSPS) is 23.2. The van der Waals surface area contributed by atoms with Gasteiger partial charge in [-0.3, -0.25) is 19.4 Å². The molecule has 8 nitrogen and oxygen atoms in total. The number of hydrogen-bond donors (Lipinski definition) is 2. The van der Waals surface area contributed by atoms with Crippen molar-refractivity contribution in [1.29, 1.82) is 0 Å². The van der Waals surface area contributed by atoms with Crippen LogP contribution in [0.1, 0.15) is 89.3 Å². The van der Waals surface area contributed by atoms with Crippen LogP contribution in [0, 0.1) is 6.92 Å². The summed E-state index contributed by atoms with van der Waals surface area (Å²) in [6, 6.07) is 8.03. The Kier molecular flexibility index (Phi) is 10.6. The number of carbonyl (C=O) groups is 3. The number of fused-ring (bicyclic) bond motifs is 1. The average Bonchev–Trinajstić information content (AvgIpc) is 3.34. The molecule has 4 rings (SSSR count). The lowest BCUT2D eigenvalue weighted by Gasteiger charge is -2.42. The maximum atomic E-state index is 13.5. The molecule has 0 aromatic heterocycles. The first-order chi connectivity index (χ1) is 17.9. The van der Waals surface area contributed by atoms with Gasteiger partial charge in [0.25, 0.3) is 5.91 Å². The fourth-order valence-electron chi connectivity index (χ4n) is 5.48. The number of aryl methyl sites for hydroxylation is 1. The van der Waals surface area contributed by atoms with Crippen molar-refractivity contribution in [2.75, 3.05) is 19.6 Å². The number of amides is 2. The maximum absolute atomic E-state index is 13.5. The maximum Gasteiger partial charge on any atom is 0.305 e. The summed E-state index contributed by atoms with van der Waals surface area (Å²) in [5.74, 6) is -1.18. The van der Waals surface area contributed by atoms with Crippen LogP contribution < -0.4 is 5.43 Å².